The van der Waals surface area contributed by atoms with Crippen LogP contribution in [0, 0.1) is 0 Å². The minimum absolute atomic E-state index is 0.0175. The summed E-state index contributed by atoms with van der Waals surface area (Å²) in [6.07, 6.45) is -4.35. The van der Waals surface area contributed by atoms with Crippen molar-refractivity contribution in [3.05, 3.63) is 23.9 Å². The molecule has 2 heterocycles. The van der Waals surface area contributed by atoms with Gasteiger partial charge in [0.05, 0.1) is 5.54 Å². The first kappa shape index (κ1) is 17.3. The molecule has 1 aromatic rings. The average Bonchev–Trinajstić information content (AvgIpc) is 2.79. The van der Waals surface area contributed by atoms with E-state index in [4.69, 9.17) is 10.9 Å². The maximum Gasteiger partial charge on any atom is 0.408 e. The molecule has 1 aliphatic heterocycles. The van der Waals surface area contributed by atoms with Gasteiger partial charge in [-0.2, -0.15) is 13.2 Å². The van der Waals surface area contributed by atoms with E-state index in [9.17, 15) is 18.0 Å². The van der Waals surface area contributed by atoms with E-state index in [-0.39, 0.29) is 24.5 Å². The number of nitrogens with zero attached hydrogens (tertiary/aromatic N) is 2. The summed E-state index contributed by atoms with van der Waals surface area (Å²) in [4.78, 5) is 15.8. The molecular weight excluding hydrogens is 315 g/mol. The highest BCUT2D eigenvalue weighted by atomic mass is 19.4. The predicted octanol–water partition coefficient (Wildman–Crippen LogP) is 1.70. The summed E-state index contributed by atoms with van der Waals surface area (Å²) >= 11 is 0. The predicted molar refractivity (Wildman–Crippen MR) is 76.6 cm³/mol. The van der Waals surface area contributed by atoms with Crippen LogP contribution in [0.1, 0.15) is 24.9 Å². The fourth-order valence-electron chi connectivity index (χ4n) is 2.84. The van der Waals surface area contributed by atoms with Crippen molar-refractivity contribution in [3.8, 4) is 0 Å². The van der Waals surface area contributed by atoms with Gasteiger partial charge in [-0.3, -0.25) is 4.90 Å². The maximum absolute atomic E-state index is 13.5. The molecule has 1 aliphatic rings. The van der Waals surface area contributed by atoms with Crippen molar-refractivity contribution in [3.63, 3.8) is 0 Å². The molecule has 0 aromatic carbocycles. The molecule has 0 spiro atoms. The molecule has 0 saturated carbocycles. The summed E-state index contributed by atoms with van der Waals surface area (Å²) in [5.41, 5.74) is 1.32. The quantitative estimate of drug-likeness (QED) is 0.494. The van der Waals surface area contributed by atoms with E-state index in [1.807, 2.05) is 0 Å². The number of rotatable bonds is 4. The van der Waals surface area contributed by atoms with Crippen molar-refractivity contribution in [2.24, 2.45) is 5.84 Å². The van der Waals surface area contributed by atoms with Crippen LogP contribution in [-0.2, 0) is 0 Å². The highest BCUT2D eigenvalue weighted by Crippen LogP contribution is 2.40. The van der Waals surface area contributed by atoms with Gasteiger partial charge in [-0.15, -0.1) is 0 Å². The Morgan fingerprint density at radius 1 is 1.52 bits per heavy atom. The Morgan fingerprint density at radius 3 is 2.70 bits per heavy atom. The van der Waals surface area contributed by atoms with Gasteiger partial charge < -0.3 is 15.8 Å². The number of halogens is 3. The molecule has 0 bridgehead atoms. The number of amides is 1. The highest BCUT2D eigenvalue weighted by Gasteiger charge is 2.49. The zero-order valence-corrected chi connectivity index (χ0v) is 12.4. The monoisotopic (exact) mass is 333 g/mol. The summed E-state index contributed by atoms with van der Waals surface area (Å²) < 4.78 is 40.5. The lowest BCUT2D eigenvalue weighted by atomic mass is 10.0. The normalized spacial score (nSPS) is 23.5. The van der Waals surface area contributed by atoms with Gasteiger partial charge in [0.2, 0.25) is 0 Å². The molecule has 128 valence electrons. The van der Waals surface area contributed by atoms with Gasteiger partial charge in [0.25, 0.3) is 0 Å². The molecule has 10 heteroatoms. The van der Waals surface area contributed by atoms with Gasteiger partial charge >= 0.3 is 12.3 Å². The van der Waals surface area contributed by atoms with E-state index in [0.717, 1.165) is 6.20 Å². The van der Waals surface area contributed by atoms with Crippen molar-refractivity contribution < 1.29 is 23.1 Å². The van der Waals surface area contributed by atoms with E-state index in [1.54, 1.807) is 6.92 Å². The molecule has 1 amide bonds. The van der Waals surface area contributed by atoms with E-state index in [1.165, 1.54) is 17.0 Å². The van der Waals surface area contributed by atoms with Crippen molar-refractivity contribution in [2.45, 2.75) is 31.1 Å². The fraction of sp³-hybridized carbons (Fsp3) is 0.538. The van der Waals surface area contributed by atoms with Gasteiger partial charge in [-0.05, 0) is 25.0 Å². The van der Waals surface area contributed by atoms with Crippen LogP contribution >= 0.6 is 0 Å². The summed E-state index contributed by atoms with van der Waals surface area (Å²) in [6, 6.07) is 0.818. The number of hydrogen-bond donors (Lipinski definition) is 4. The van der Waals surface area contributed by atoms with Gasteiger partial charge in [-0.1, -0.05) is 6.07 Å². The summed E-state index contributed by atoms with van der Waals surface area (Å²) in [5.74, 6) is 5.41. The standard InChI is InChI=1S/C13H18F3N5O2/c1-12(19-11(22)23)4-5-21(7-12)10(13(14,15)16)8-2-3-9(20-17)18-6-8/h2-3,6,10,19H,4-5,7,17H2,1H3,(H,18,20)(H,22,23)/t10-,12-/m0/s1. The smallest absolute Gasteiger partial charge is 0.408 e. The number of carboxylic acid groups (broad SMARTS) is 1. The van der Waals surface area contributed by atoms with E-state index in [0.29, 0.717) is 6.42 Å². The molecule has 23 heavy (non-hydrogen) atoms. The number of likely N-dealkylation sites (tertiary alicyclic amines) is 1. The first-order valence-corrected chi connectivity index (χ1v) is 6.89. The van der Waals surface area contributed by atoms with Crippen molar-refractivity contribution in [1.29, 1.82) is 0 Å². The second kappa shape index (κ2) is 6.20. The number of anilines is 1. The number of pyridine rings is 1. The van der Waals surface area contributed by atoms with Gasteiger partial charge in [0, 0.05) is 19.3 Å². The van der Waals surface area contributed by atoms with Crippen LogP contribution in [0.2, 0.25) is 0 Å². The molecule has 5 N–H and O–H groups in total. The minimum atomic E-state index is -4.51. The van der Waals surface area contributed by atoms with Gasteiger partial charge in [0.15, 0.2) is 0 Å². The van der Waals surface area contributed by atoms with Crippen molar-refractivity contribution in [2.75, 3.05) is 18.5 Å². The Labute approximate surface area is 130 Å². The van der Waals surface area contributed by atoms with Gasteiger partial charge in [-0.25, -0.2) is 15.6 Å². The molecule has 2 atom stereocenters. The number of nitrogens with one attached hydrogen (secondary N) is 2. The molecule has 1 fully saturated rings. The summed E-state index contributed by atoms with van der Waals surface area (Å²) in [7, 11) is 0. The Bertz CT molecular complexity index is 566. The first-order valence-electron chi connectivity index (χ1n) is 6.89. The third-order valence-corrected chi connectivity index (χ3v) is 3.84. The number of alkyl halides is 3. The Balaban J connectivity index is 2.25. The lowest BCUT2D eigenvalue weighted by molar-refractivity contribution is -0.184. The van der Waals surface area contributed by atoms with E-state index < -0.39 is 23.9 Å². The van der Waals surface area contributed by atoms with Crippen LogP contribution in [0.25, 0.3) is 0 Å². The van der Waals surface area contributed by atoms with Crippen molar-refractivity contribution in [1.82, 2.24) is 15.2 Å². The summed E-state index contributed by atoms with van der Waals surface area (Å²) in [5, 5.41) is 11.1. The van der Waals surface area contributed by atoms with E-state index in [2.05, 4.69) is 15.7 Å². The second-order valence-electron chi connectivity index (χ2n) is 5.78. The largest absolute Gasteiger partial charge is 0.465 e. The molecule has 2 rings (SSSR count). The number of nitrogen functional groups attached to an aromatic ring is 1. The third-order valence-electron chi connectivity index (χ3n) is 3.84. The fourth-order valence-corrected chi connectivity index (χ4v) is 2.84. The molecular formula is C13H18F3N5O2. The molecule has 0 radical (unpaired) electrons. The molecule has 0 aliphatic carbocycles. The molecule has 1 saturated heterocycles. The van der Waals surface area contributed by atoms with Crippen LogP contribution < -0.4 is 16.6 Å². The van der Waals surface area contributed by atoms with Gasteiger partial charge in [0.1, 0.15) is 11.9 Å². The molecule has 0 unspecified atom stereocenters. The lowest BCUT2D eigenvalue weighted by Crippen LogP contribution is -2.48. The van der Waals surface area contributed by atoms with Crippen LogP contribution in [0.15, 0.2) is 18.3 Å². The number of hydrogen-bond acceptors (Lipinski definition) is 5. The van der Waals surface area contributed by atoms with Crippen LogP contribution in [0.5, 0.6) is 0 Å². The number of aromatic nitrogens is 1. The zero-order valence-electron chi connectivity index (χ0n) is 12.4. The number of nitrogens with two attached hydrogens (primary N) is 1. The van der Waals surface area contributed by atoms with Crippen LogP contribution in [0.4, 0.5) is 23.8 Å². The lowest BCUT2D eigenvalue weighted by Gasteiger charge is -2.31. The average molecular weight is 333 g/mol. The SMILES string of the molecule is C[C@]1(NC(=O)O)CCN([C@@H](c2ccc(NN)nc2)C(F)(F)F)C1. The zero-order chi connectivity index (χ0) is 17.3. The second-order valence-corrected chi connectivity index (χ2v) is 5.78. The number of carbonyl (C=O) groups is 1. The van der Waals surface area contributed by atoms with Crippen molar-refractivity contribution >= 4 is 11.9 Å². The number of hydrazine groups is 1. The minimum Gasteiger partial charge on any atom is -0.465 e. The van der Waals surface area contributed by atoms with Crippen LogP contribution in [-0.4, -0.2) is 45.9 Å². The third kappa shape index (κ3) is 4.02. The molecule has 7 nitrogen and oxygen atoms in total. The Hall–Kier alpha value is -2.07. The maximum atomic E-state index is 13.5. The topological polar surface area (TPSA) is 104 Å². The van der Waals surface area contributed by atoms with Crippen LogP contribution in [0.3, 0.4) is 0 Å². The Kier molecular flexibility index (Phi) is 4.66. The first-order chi connectivity index (χ1) is 10.6. The summed E-state index contributed by atoms with van der Waals surface area (Å²) in [6.45, 7) is 1.67. The Morgan fingerprint density at radius 2 is 2.22 bits per heavy atom. The molecule has 1 aromatic heterocycles. The van der Waals surface area contributed by atoms with E-state index >= 15 is 0 Å². The highest BCUT2D eigenvalue weighted by molar-refractivity contribution is 5.65.